The largest absolute Gasteiger partial charge is 0.481 e. The van der Waals surface area contributed by atoms with Crippen LogP contribution in [0.5, 0.6) is 0 Å². The summed E-state index contributed by atoms with van der Waals surface area (Å²) in [6.07, 6.45) is 1.05. The molecule has 6 heteroatoms. The zero-order valence-electron chi connectivity index (χ0n) is 10.8. The second-order valence-electron chi connectivity index (χ2n) is 4.91. The van der Waals surface area contributed by atoms with Crippen LogP contribution in [0.15, 0.2) is 18.2 Å². The highest BCUT2D eigenvalue weighted by atomic mass is 35.5. The van der Waals surface area contributed by atoms with Crippen LogP contribution in [0, 0.1) is 11.7 Å². The molecule has 0 radical (unpaired) electrons. The fourth-order valence-electron chi connectivity index (χ4n) is 2.32. The molecule has 20 heavy (non-hydrogen) atoms. The summed E-state index contributed by atoms with van der Waals surface area (Å²) in [5, 5.41) is 9.14. The minimum absolute atomic E-state index is 0.108. The van der Waals surface area contributed by atoms with E-state index in [1.54, 1.807) is 4.90 Å². The number of halogens is 2. The molecular weight excluding hydrogens is 285 g/mol. The van der Waals surface area contributed by atoms with Gasteiger partial charge in [-0.2, -0.15) is 0 Å². The minimum atomic E-state index is -0.807. The Bertz CT molecular complexity index is 527. The number of rotatable bonds is 3. The molecule has 1 fully saturated rings. The van der Waals surface area contributed by atoms with Crippen molar-refractivity contribution in [2.24, 2.45) is 5.92 Å². The van der Waals surface area contributed by atoms with Crippen molar-refractivity contribution in [1.29, 1.82) is 0 Å². The maximum atomic E-state index is 12.9. The Balaban J connectivity index is 1.94. The highest BCUT2D eigenvalue weighted by molar-refractivity contribution is 6.31. The molecule has 1 aliphatic rings. The number of carbonyl (C=O) groups is 2. The van der Waals surface area contributed by atoms with E-state index in [-0.39, 0.29) is 23.3 Å². The monoisotopic (exact) mass is 299 g/mol. The van der Waals surface area contributed by atoms with Gasteiger partial charge < -0.3 is 10.0 Å². The SMILES string of the molecule is O=C(O)C1CCN(C(=O)Cc2ccc(F)cc2Cl)CC1. The Kier molecular flexibility index (Phi) is 4.60. The second kappa shape index (κ2) is 6.22. The Morgan fingerprint density at radius 2 is 2.00 bits per heavy atom. The first-order valence-electron chi connectivity index (χ1n) is 6.42. The van der Waals surface area contributed by atoms with Gasteiger partial charge in [0.1, 0.15) is 5.82 Å². The molecule has 0 saturated carbocycles. The summed E-state index contributed by atoms with van der Waals surface area (Å²) in [6, 6.07) is 3.95. The maximum Gasteiger partial charge on any atom is 0.306 e. The van der Waals surface area contributed by atoms with E-state index in [9.17, 15) is 14.0 Å². The summed E-state index contributed by atoms with van der Waals surface area (Å²) in [4.78, 5) is 24.6. The third-order valence-corrected chi connectivity index (χ3v) is 3.91. The van der Waals surface area contributed by atoms with Gasteiger partial charge in [-0.05, 0) is 30.5 Å². The summed E-state index contributed by atoms with van der Waals surface area (Å²) in [5.74, 6) is -1.72. The van der Waals surface area contributed by atoms with Gasteiger partial charge in [-0.3, -0.25) is 9.59 Å². The number of hydrogen-bond acceptors (Lipinski definition) is 2. The van der Waals surface area contributed by atoms with Crippen LogP contribution < -0.4 is 0 Å². The van der Waals surface area contributed by atoms with Crippen LogP contribution in [-0.4, -0.2) is 35.0 Å². The fraction of sp³-hybridized carbons (Fsp3) is 0.429. The molecular formula is C14H15ClFNO3. The van der Waals surface area contributed by atoms with E-state index < -0.39 is 11.8 Å². The number of hydrogen-bond donors (Lipinski definition) is 1. The molecule has 2 rings (SSSR count). The van der Waals surface area contributed by atoms with Crippen LogP contribution in [0.1, 0.15) is 18.4 Å². The first kappa shape index (κ1) is 14.8. The number of likely N-dealkylation sites (tertiary alicyclic amines) is 1. The summed E-state index contributed by atoms with van der Waals surface area (Å²) in [7, 11) is 0. The lowest BCUT2D eigenvalue weighted by Crippen LogP contribution is -2.41. The van der Waals surface area contributed by atoms with Gasteiger partial charge in [0.15, 0.2) is 0 Å². The zero-order chi connectivity index (χ0) is 14.7. The molecule has 1 amide bonds. The van der Waals surface area contributed by atoms with Gasteiger partial charge in [-0.25, -0.2) is 4.39 Å². The van der Waals surface area contributed by atoms with Crippen LogP contribution >= 0.6 is 11.6 Å². The molecule has 108 valence electrons. The van der Waals surface area contributed by atoms with Crippen molar-refractivity contribution in [2.45, 2.75) is 19.3 Å². The number of amides is 1. The zero-order valence-corrected chi connectivity index (χ0v) is 11.6. The van der Waals surface area contributed by atoms with Crippen molar-refractivity contribution in [3.63, 3.8) is 0 Å². The highest BCUT2D eigenvalue weighted by Gasteiger charge is 2.27. The number of carboxylic acids is 1. The smallest absolute Gasteiger partial charge is 0.306 e. The second-order valence-corrected chi connectivity index (χ2v) is 5.31. The molecule has 1 aromatic rings. The number of carbonyl (C=O) groups excluding carboxylic acids is 1. The standard InChI is InChI=1S/C14H15ClFNO3/c15-12-8-11(16)2-1-10(12)7-13(18)17-5-3-9(4-6-17)14(19)20/h1-2,8-9H,3-7H2,(H,19,20). The van der Waals surface area contributed by atoms with Crippen molar-refractivity contribution in [2.75, 3.05) is 13.1 Å². The van der Waals surface area contributed by atoms with Crippen LogP contribution in [0.3, 0.4) is 0 Å². The van der Waals surface area contributed by atoms with Crippen molar-refractivity contribution < 1.29 is 19.1 Å². The number of nitrogens with zero attached hydrogens (tertiary/aromatic N) is 1. The van der Waals surface area contributed by atoms with E-state index in [0.29, 0.717) is 31.5 Å². The summed E-state index contributed by atoms with van der Waals surface area (Å²) >= 11 is 5.89. The van der Waals surface area contributed by atoms with Crippen molar-refractivity contribution in [1.82, 2.24) is 4.90 Å². The summed E-state index contributed by atoms with van der Waals surface area (Å²) in [5.41, 5.74) is 0.582. The number of carboxylic acid groups (broad SMARTS) is 1. The lowest BCUT2D eigenvalue weighted by molar-refractivity contribution is -0.145. The van der Waals surface area contributed by atoms with Gasteiger partial charge in [0.25, 0.3) is 0 Å². The molecule has 1 heterocycles. The van der Waals surface area contributed by atoms with E-state index in [2.05, 4.69) is 0 Å². The van der Waals surface area contributed by atoms with Crippen molar-refractivity contribution in [3.8, 4) is 0 Å². The molecule has 1 saturated heterocycles. The first-order valence-corrected chi connectivity index (χ1v) is 6.79. The van der Waals surface area contributed by atoms with Gasteiger partial charge in [-0.15, -0.1) is 0 Å². The predicted molar refractivity (Wildman–Crippen MR) is 72.1 cm³/mol. The van der Waals surface area contributed by atoms with Gasteiger partial charge >= 0.3 is 5.97 Å². The topological polar surface area (TPSA) is 57.6 Å². The number of piperidine rings is 1. The number of benzene rings is 1. The average Bonchev–Trinajstić information content (AvgIpc) is 2.42. The molecule has 1 aromatic carbocycles. The lowest BCUT2D eigenvalue weighted by Gasteiger charge is -2.30. The van der Waals surface area contributed by atoms with E-state index in [1.165, 1.54) is 18.2 Å². The van der Waals surface area contributed by atoms with Crippen LogP contribution in [0.25, 0.3) is 0 Å². The van der Waals surface area contributed by atoms with Crippen molar-refractivity contribution >= 4 is 23.5 Å². The minimum Gasteiger partial charge on any atom is -0.481 e. The molecule has 0 atom stereocenters. The molecule has 0 bridgehead atoms. The molecule has 0 spiro atoms. The predicted octanol–water partition coefficient (Wildman–Crippen LogP) is 2.34. The van der Waals surface area contributed by atoms with Crippen LogP contribution in [-0.2, 0) is 16.0 Å². The van der Waals surface area contributed by atoms with Crippen molar-refractivity contribution in [3.05, 3.63) is 34.6 Å². The average molecular weight is 300 g/mol. The third kappa shape index (κ3) is 3.48. The lowest BCUT2D eigenvalue weighted by atomic mass is 9.96. The summed E-state index contributed by atoms with van der Waals surface area (Å²) < 4.78 is 12.9. The van der Waals surface area contributed by atoms with E-state index in [0.717, 1.165) is 0 Å². The molecule has 1 aliphatic heterocycles. The van der Waals surface area contributed by atoms with Gasteiger partial charge in [0.2, 0.25) is 5.91 Å². The quantitative estimate of drug-likeness (QED) is 0.932. The third-order valence-electron chi connectivity index (χ3n) is 3.55. The van der Waals surface area contributed by atoms with E-state index >= 15 is 0 Å². The van der Waals surface area contributed by atoms with E-state index in [4.69, 9.17) is 16.7 Å². The number of aliphatic carboxylic acids is 1. The Hall–Kier alpha value is -1.62. The fourth-order valence-corrected chi connectivity index (χ4v) is 2.55. The van der Waals surface area contributed by atoms with Gasteiger partial charge in [0.05, 0.1) is 12.3 Å². The maximum absolute atomic E-state index is 12.9. The molecule has 0 aliphatic carbocycles. The highest BCUT2D eigenvalue weighted by Crippen LogP contribution is 2.21. The van der Waals surface area contributed by atoms with E-state index in [1.807, 2.05) is 0 Å². The molecule has 0 aromatic heterocycles. The first-order chi connectivity index (χ1) is 9.47. The van der Waals surface area contributed by atoms with Crippen LogP contribution in [0.4, 0.5) is 4.39 Å². The Labute approximate surface area is 121 Å². The normalized spacial score (nSPS) is 16.2. The Morgan fingerprint density at radius 1 is 1.35 bits per heavy atom. The van der Waals surface area contributed by atoms with Gasteiger partial charge in [-0.1, -0.05) is 17.7 Å². The Morgan fingerprint density at radius 3 is 2.55 bits per heavy atom. The molecule has 1 N–H and O–H groups in total. The molecule has 4 nitrogen and oxygen atoms in total. The van der Waals surface area contributed by atoms with Crippen LogP contribution in [0.2, 0.25) is 5.02 Å². The molecule has 0 unspecified atom stereocenters. The van der Waals surface area contributed by atoms with Gasteiger partial charge in [0, 0.05) is 18.1 Å². The summed E-state index contributed by atoms with van der Waals surface area (Å²) in [6.45, 7) is 0.878.